The van der Waals surface area contributed by atoms with Crippen LogP contribution in [0.15, 0.2) is 0 Å². The summed E-state index contributed by atoms with van der Waals surface area (Å²) in [4.78, 5) is 46.3. The lowest BCUT2D eigenvalue weighted by Gasteiger charge is -2.25. The van der Waals surface area contributed by atoms with Crippen molar-refractivity contribution in [2.75, 3.05) is 24.0 Å². The van der Waals surface area contributed by atoms with Crippen LogP contribution in [0.25, 0.3) is 0 Å². The quantitative estimate of drug-likeness (QED) is 0.310. The average molecular weight is 553 g/mol. The largest absolute Gasteiger partial charge is 0.480 e. The van der Waals surface area contributed by atoms with Crippen molar-refractivity contribution < 1.29 is 33.8 Å². The SMILES string of the molecule is CSCC[C@H](NC(=O)OC(C)(C)C)C(=O)CC(C)(C)C.CSCC[C@H](NC(=O)OC(C)(C)C)C(=O)O. The highest BCUT2D eigenvalue weighted by molar-refractivity contribution is 7.98. The maximum atomic E-state index is 12.3. The van der Waals surface area contributed by atoms with Crippen LogP contribution in [0.4, 0.5) is 9.59 Å². The Morgan fingerprint density at radius 3 is 1.39 bits per heavy atom. The van der Waals surface area contributed by atoms with Gasteiger partial charge in [-0.15, -0.1) is 0 Å². The van der Waals surface area contributed by atoms with E-state index in [1.165, 1.54) is 11.8 Å². The minimum atomic E-state index is -1.04. The fraction of sp³-hybridized carbons (Fsp3) is 0.840. The zero-order chi connectivity index (χ0) is 28.7. The molecule has 212 valence electrons. The van der Waals surface area contributed by atoms with Gasteiger partial charge in [0.05, 0.1) is 6.04 Å². The molecule has 0 rings (SSSR count). The molecule has 0 aliphatic heterocycles. The van der Waals surface area contributed by atoms with Crippen molar-refractivity contribution in [1.29, 1.82) is 0 Å². The van der Waals surface area contributed by atoms with Crippen LogP contribution >= 0.6 is 23.5 Å². The second-order valence-corrected chi connectivity index (χ2v) is 13.5. The number of hydrogen-bond donors (Lipinski definition) is 3. The van der Waals surface area contributed by atoms with Gasteiger partial charge >= 0.3 is 18.2 Å². The van der Waals surface area contributed by atoms with Crippen molar-refractivity contribution in [3.05, 3.63) is 0 Å². The van der Waals surface area contributed by atoms with Crippen molar-refractivity contribution in [3.8, 4) is 0 Å². The van der Waals surface area contributed by atoms with Gasteiger partial charge in [0.15, 0.2) is 5.78 Å². The molecule has 0 heterocycles. The van der Waals surface area contributed by atoms with Gasteiger partial charge in [-0.25, -0.2) is 14.4 Å². The first-order chi connectivity index (χ1) is 16.2. The number of Topliss-reactive ketones (excluding diaryl/α,β-unsaturated/α-hetero) is 1. The zero-order valence-corrected chi connectivity index (χ0v) is 25.5. The Bertz CT molecular complexity index is 696. The van der Waals surface area contributed by atoms with E-state index >= 15 is 0 Å². The summed E-state index contributed by atoms with van der Waals surface area (Å²) in [6.07, 6.45) is 4.12. The Kier molecular flexibility index (Phi) is 17.2. The molecule has 2 amide bonds. The summed E-state index contributed by atoms with van der Waals surface area (Å²) in [6, 6.07) is -1.35. The molecule has 0 aliphatic carbocycles. The molecule has 9 nitrogen and oxygen atoms in total. The molecule has 11 heteroatoms. The Balaban J connectivity index is 0. The summed E-state index contributed by atoms with van der Waals surface area (Å²) in [5.74, 6) is 0.528. The number of carboxylic acid groups (broad SMARTS) is 1. The number of carbonyl (C=O) groups excluding carboxylic acids is 3. The molecule has 0 aromatic rings. The monoisotopic (exact) mass is 552 g/mol. The van der Waals surface area contributed by atoms with Gasteiger partial charge in [0.25, 0.3) is 0 Å². The van der Waals surface area contributed by atoms with Crippen LogP contribution in [-0.2, 0) is 19.1 Å². The van der Waals surface area contributed by atoms with Gasteiger partial charge < -0.3 is 25.2 Å². The van der Waals surface area contributed by atoms with Gasteiger partial charge in [0, 0.05) is 6.42 Å². The second-order valence-electron chi connectivity index (χ2n) is 11.5. The van der Waals surface area contributed by atoms with Crippen LogP contribution in [0.1, 0.15) is 81.6 Å². The zero-order valence-electron chi connectivity index (χ0n) is 23.9. The van der Waals surface area contributed by atoms with Crippen molar-refractivity contribution in [1.82, 2.24) is 10.6 Å². The number of carboxylic acids is 1. The lowest BCUT2D eigenvalue weighted by molar-refractivity contribution is -0.139. The molecule has 0 aromatic heterocycles. The molecule has 0 spiro atoms. The highest BCUT2D eigenvalue weighted by atomic mass is 32.2. The number of nitrogens with one attached hydrogen (secondary N) is 2. The first-order valence-electron chi connectivity index (χ1n) is 11.9. The first kappa shape index (κ1) is 36.5. The Morgan fingerprint density at radius 1 is 0.722 bits per heavy atom. The van der Waals surface area contributed by atoms with Gasteiger partial charge in [-0.3, -0.25) is 4.79 Å². The lowest BCUT2D eigenvalue weighted by atomic mass is 9.87. The smallest absolute Gasteiger partial charge is 0.408 e. The summed E-state index contributed by atoms with van der Waals surface area (Å²) < 4.78 is 10.2. The van der Waals surface area contributed by atoms with Gasteiger partial charge in [-0.05, 0) is 83.8 Å². The molecule has 0 saturated heterocycles. The van der Waals surface area contributed by atoms with Crippen LogP contribution in [0, 0.1) is 5.41 Å². The van der Waals surface area contributed by atoms with Crippen molar-refractivity contribution in [2.24, 2.45) is 5.41 Å². The standard InChI is InChI=1S/C15H29NO3S.C10H19NO4S/c1-14(2,3)10-12(17)11(8-9-20-7)16-13(18)19-15(4,5)6;1-10(2,3)15-9(14)11-7(8(12)13)5-6-16-4/h11H,8-10H2,1-7H3,(H,16,18);7H,5-6H2,1-4H3,(H,11,14)(H,12,13)/t11-;7-/m00/s1. The van der Waals surface area contributed by atoms with Crippen LogP contribution in [0.3, 0.4) is 0 Å². The number of alkyl carbamates (subject to hydrolysis) is 2. The van der Waals surface area contributed by atoms with E-state index in [2.05, 4.69) is 10.6 Å². The predicted octanol–water partition coefficient (Wildman–Crippen LogP) is 5.36. The number of hydrogen-bond acceptors (Lipinski definition) is 8. The Morgan fingerprint density at radius 2 is 1.08 bits per heavy atom. The number of aliphatic carboxylic acids is 1. The molecule has 0 radical (unpaired) electrons. The van der Waals surface area contributed by atoms with Crippen molar-refractivity contribution in [2.45, 2.75) is 105 Å². The fourth-order valence-electron chi connectivity index (χ4n) is 2.59. The van der Waals surface area contributed by atoms with E-state index in [9.17, 15) is 19.2 Å². The third-order valence-electron chi connectivity index (χ3n) is 3.99. The molecule has 0 aromatic carbocycles. The third-order valence-corrected chi connectivity index (χ3v) is 5.28. The predicted molar refractivity (Wildman–Crippen MR) is 149 cm³/mol. The van der Waals surface area contributed by atoms with E-state index in [4.69, 9.17) is 14.6 Å². The van der Waals surface area contributed by atoms with Crippen LogP contribution in [0.2, 0.25) is 0 Å². The van der Waals surface area contributed by atoms with E-state index in [0.29, 0.717) is 25.0 Å². The van der Waals surface area contributed by atoms with Gasteiger partial charge in [0.1, 0.15) is 17.2 Å². The van der Waals surface area contributed by atoms with Crippen molar-refractivity contribution >= 4 is 47.5 Å². The highest BCUT2D eigenvalue weighted by Crippen LogP contribution is 2.21. The van der Waals surface area contributed by atoms with Gasteiger partial charge in [-0.1, -0.05) is 20.8 Å². The Hall–Kier alpha value is -1.62. The second kappa shape index (κ2) is 17.0. The minimum Gasteiger partial charge on any atom is -0.480 e. The number of rotatable bonds is 11. The summed E-state index contributed by atoms with van der Waals surface area (Å²) in [7, 11) is 0. The number of carbonyl (C=O) groups is 4. The molecule has 2 atom stereocenters. The van der Waals surface area contributed by atoms with E-state index in [0.717, 1.165) is 5.75 Å². The summed E-state index contributed by atoms with van der Waals surface area (Å²) in [6.45, 7) is 16.7. The number of ketones is 1. The number of thioether (sulfide) groups is 2. The Labute approximate surface area is 226 Å². The average Bonchev–Trinajstić information content (AvgIpc) is 2.64. The van der Waals surface area contributed by atoms with E-state index in [1.807, 2.05) is 33.3 Å². The van der Waals surface area contributed by atoms with Crippen molar-refractivity contribution in [3.63, 3.8) is 0 Å². The fourth-order valence-corrected chi connectivity index (χ4v) is 3.53. The summed E-state index contributed by atoms with van der Waals surface area (Å²) >= 11 is 3.19. The molecule has 0 unspecified atom stereocenters. The molecular formula is C25H48N2O7S2. The summed E-state index contributed by atoms with van der Waals surface area (Å²) in [5.41, 5.74) is -1.25. The van der Waals surface area contributed by atoms with Crippen LogP contribution in [-0.4, -0.2) is 76.3 Å². The number of amides is 2. The van der Waals surface area contributed by atoms with E-state index in [1.54, 1.807) is 53.3 Å². The molecule has 0 saturated carbocycles. The maximum absolute atomic E-state index is 12.3. The molecule has 36 heavy (non-hydrogen) atoms. The molecule has 0 fully saturated rings. The van der Waals surface area contributed by atoms with Gasteiger partial charge in [-0.2, -0.15) is 23.5 Å². The topological polar surface area (TPSA) is 131 Å². The maximum Gasteiger partial charge on any atom is 0.408 e. The van der Waals surface area contributed by atoms with Gasteiger partial charge in [0.2, 0.25) is 0 Å². The third kappa shape index (κ3) is 22.8. The molecule has 3 N–H and O–H groups in total. The van der Waals surface area contributed by atoms with E-state index in [-0.39, 0.29) is 11.2 Å². The first-order valence-corrected chi connectivity index (χ1v) is 14.7. The van der Waals surface area contributed by atoms with Crippen LogP contribution < -0.4 is 10.6 Å². The lowest BCUT2D eigenvalue weighted by Crippen LogP contribution is -2.44. The molecule has 0 bridgehead atoms. The minimum absolute atomic E-state index is 0.0670. The van der Waals surface area contributed by atoms with E-state index < -0.39 is 41.4 Å². The number of ether oxygens (including phenoxy) is 2. The normalized spacial score (nSPS) is 13.4. The summed E-state index contributed by atoms with van der Waals surface area (Å²) in [5, 5.41) is 13.9. The molecular weight excluding hydrogens is 504 g/mol. The van der Waals surface area contributed by atoms with Crippen LogP contribution in [0.5, 0.6) is 0 Å². The molecule has 0 aliphatic rings. The highest BCUT2D eigenvalue weighted by Gasteiger charge is 2.27.